The van der Waals surface area contributed by atoms with Gasteiger partial charge in [-0.25, -0.2) is 8.42 Å². The fourth-order valence-electron chi connectivity index (χ4n) is 5.15. The topological polar surface area (TPSA) is 66.9 Å². The molecule has 0 unspecified atom stereocenters. The Morgan fingerprint density at radius 1 is 0.919 bits per heavy atom. The molecular weight excluding hydrogens is 508 g/mol. The number of fused-ring (bicyclic) bond motifs is 1. The van der Waals surface area contributed by atoms with Crippen LogP contribution in [0.4, 0.5) is 0 Å². The van der Waals surface area contributed by atoms with Crippen molar-refractivity contribution in [1.82, 2.24) is 9.21 Å². The van der Waals surface area contributed by atoms with Crippen molar-refractivity contribution in [3.63, 3.8) is 0 Å². The second-order valence-electron chi connectivity index (χ2n) is 9.75. The molecule has 8 heteroatoms. The monoisotopic (exact) mass is 538 g/mol. The summed E-state index contributed by atoms with van der Waals surface area (Å²) in [5, 5.41) is 0.174. The number of carbonyl (C=O) groups is 1. The third-order valence-corrected chi connectivity index (χ3v) is 9.46. The van der Waals surface area contributed by atoms with Crippen molar-refractivity contribution in [2.45, 2.75) is 37.1 Å². The minimum absolute atomic E-state index is 0.0853. The molecule has 37 heavy (non-hydrogen) atoms. The Labute approximate surface area is 223 Å². The van der Waals surface area contributed by atoms with Crippen molar-refractivity contribution in [2.75, 3.05) is 26.2 Å². The van der Waals surface area contributed by atoms with Crippen LogP contribution in [-0.2, 0) is 34.2 Å². The predicted molar refractivity (Wildman–Crippen MR) is 144 cm³/mol. The van der Waals surface area contributed by atoms with Gasteiger partial charge in [-0.15, -0.1) is 0 Å². The molecule has 5 rings (SSSR count). The zero-order valence-electron chi connectivity index (χ0n) is 20.7. The van der Waals surface area contributed by atoms with Crippen LogP contribution < -0.4 is 4.74 Å². The van der Waals surface area contributed by atoms with Crippen LogP contribution in [0.15, 0.2) is 77.7 Å². The normalized spacial score (nSPS) is 16.8. The maximum Gasteiger partial charge on any atom is 0.260 e. The van der Waals surface area contributed by atoms with Gasteiger partial charge in [-0.3, -0.25) is 4.79 Å². The van der Waals surface area contributed by atoms with Crippen molar-refractivity contribution in [2.24, 2.45) is 5.92 Å². The van der Waals surface area contributed by atoms with Crippen LogP contribution in [0.3, 0.4) is 0 Å². The molecule has 2 aliphatic rings. The Kier molecular flexibility index (Phi) is 7.84. The molecule has 3 aromatic carbocycles. The summed E-state index contributed by atoms with van der Waals surface area (Å²) >= 11 is 6.39. The molecular formula is C29H31ClN2O4S. The van der Waals surface area contributed by atoms with Gasteiger partial charge in [0.15, 0.2) is 6.61 Å². The van der Waals surface area contributed by atoms with E-state index in [2.05, 4.69) is 24.3 Å². The molecule has 0 aromatic heterocycles. The maximum atomic E-state index is 13.2. The lowest BCUT2D eigenvalue weighted by Gasteiger charge is -2.32. The molecule has 1 fully saturated rings. The molecule has 0 bridgehead atoms. The van der Waals surface area contributed by atoms with Crippen molar-refractivity contribution >= 4 is 27.5 Å². The summed E-state index contributed by atoms with van der Waals surface area (Å²) in [6.45, 7) is 2.06. The average molecular weight is 539 g/mol. The molecule has 0 radical (unpaired) electrons. The summed E-state index contributed by atoms with van der Waals surface area (Å²) in [7, 11) is -3.70. The maximum absolute atomic E-state index is 13.2. The van der Waals surface area contributed by atoms with Gasteiger partial charge < -0.3 is 9.64 Å². The lowest BCUT2D eigenvalue weighted by Crippen LogP contribution is -2.41. The zero-order chi connectivity index (χ0) is 25.8. The average Bonchev–Trinajstić information content (AvgIpc) is 2.93. The highest BCUT2D eigenvalue weighted by Crippen LogP contribution is 2.31. The van der Waals surface area contributed by atoms with E-state index in [1.807, 2.05) is 35.2 Å². The first-order valence-electron chi connectivity index (χ1n) is 12.7. The number of sulfonamides is 1. The highest BCUT2D eigenvalue weighted by molar-refractivity contribution is 7.89. The first-order chi connectivity index (χ1) is 17.9. The summed E-state index contributed by atoms with van der Waals surface area (Å²) in [5.41, 5.74) is 3.53. The SMILES string of the molecule is O=C(COc1ccc(S(=O)(=O)N2CCc3ccccc3C2)cc1Cl)N1CCC(Cc2ccccc2)CC1. The van der Waals surface area contributed by atoms with Crippen LogP contribution in [0.25, 0.3) is 0 Å². The molecule has 0 N–H and O–H groups in total. The van der Waals surface area contributed by atoms with E-state index in [0.29, 0.717) is 44.3 Å². The summed E-state index contributed by atoms with van der Waals surface area (Å²) < 4.78 is 33.7. The Morgan fingerprint density at radius 3 is 2.35 bits per heavy atom. The lowest BCUT2D eigenvalue weighted by atomic mass is 9.90. The quantitative estimate of drug-likeness (QED) is 0.427. The third kappa shape index (κ3) is 6.00. The van der Waals surface area contributed by atoms with Gasteiger partial charge in [-0.05, 0) is 66.5 Å². The van der Waals surface area contributed by atoms with Crippen LogP contribution in [0.5, 0.6) is 5.75 Å². The van der Waals surface area contributed by atoms with E-state index in [4.69, 9.17) is 16.3 Å². The fourth-order valence-corrected chi connectivity index (χ4v) is 6.89. The van der Waals surface area contributed by atoms with Crippen molar-refractivity contribution in [3.05, 3.63) is 94.5 Å². The van der Waals surface area contributed by atoms with Crippen LogP contribution in [0.2, 0.25) is 5.02 Å². The van der Waals surface area contributed by atoms with E-state index in [1.54, 1.807) is 0 Å². The molecule has 0 aliphatic carbocycles. The molecule has 2 aliphatic heterocycles. The lowest BCUT2D eigenvalue weighted by molar-refractivity contribution is -0.134. The Balaban J connectivity index is 1.15. The number of amides is 1. The standard InChI is InChI=1S/C29H31ClN2O4S/c30-27-19-26(37(34,35)32-17-14-24-8-4-5-9-25(24)20-32)10-11-28(27)36-21-29(33)31-15-12-23(13-16-31)18-22-6-2-1-3-7-22/h1-11,19,23H,12-18,20-21H2. The van der Waals surface area contributed by atoms with Gasteiger partial charge in [0.2, 0.25) is 10.0 Å². The highest BCUT2D eigenvalue weighted by atomic mass is 35.5. The summed E-state index contributed by atoms with van der Waals surface area (Å²) in [5.74, 6) is 0.791. The van der Waals surface area contributed by atoms with Crippen LogP contribution >= 0.6 is 11.6 Å². The minimum Gasteiger partial charge on any atom is -0.482 e. The van der Waals surface area contributed by atoms with E-state index in [-0.39, 0.29) is 22.4 Å². The highest BCUT2D eigenvalue weighted by Gasteiger charge is 2.29. The zero-order valence-corrected chi connectivity index (χ0v) is 22.3. The van der Waals surface area contributed by atoms with Gasteiger partial charge in [0, 0.05) is 26.2 Å². The summed E-state index contributed by atoms with van der Waals surface area (Å²) in [6.07, 6.45) is 3.65. The molecule has 0 saturated carbocycles. The van der Waals surface area contributed by atoms with E-state index in [9.17, 15) is 13.2 Å². The van der Waals surface area contributed by atoms with E-state index < -0.39 is 10.0 Å². The number of halogens is 1. The number of nitrogens with zero attached hydrogens (tertiary/aromatic N) is 2. The molecule has 194 valence electrons. The first-order valence-corrected chi connectivity index (χ1v) is 14.5. The van der Waals surface area contributed by atoms with E-state index in [0.717, 1.165) is 24.8 Å². The Morgan fingerprint density at radius 2 is 1.62 bits per heavy atom. The molecule has 3 aromatic rings. The molecule has 0 atom stereocenters. The Hall–Kier alpha value is -2.87. The molecule has 0 spiro atoms. The number of likely N-dealkylation sites (tertiary alicyclic amines) is 1. The van der Waals surface area contributed by atoms with Gasteiger partial charge in [-0.1, -0.05) is 66.2 Å². The van der Waals surface area contributed by atoms with Gasteiger partial charge in [-0.2, -0.15) is 4.31 Å². The number of hydrogen-bond acceptors (Lipinski definition) is 4. The molecule has 1 saturated heterocycles. The molecule has 2 heterocycles. The van der Waals surface area contributed by atoms with Crippen LogP contribution in [0, 0.1) is 5.92 Å². The van der Waals surface area contributed by atoms with Crippen molar-refractivity contribution in [3.8, 4) is 5.75 Å². The van der Waals surface area contributed by atoms with Crippen LogP contribution in [0.1, 0.15) is 29.5 Å². The second kappa shape index (κ2) is 11.3. The van der Waals surface area contributed by atoms with E-state index in [1.165, 1.54) is 33.6 Å². The predicted octanol–water partition coefficient (Wildman–Crippen LogP) is 4.95. The number of benzene rings is 3. The number of carbonyl (C=O) groups excluding carboxylic acids is 1. The van der Waals surface area contributed by atoms with Gasteiger partial charge in [0.05, 0.1) is 9.92 Å². The molecule has 6 nitrogen and oxygen atoms in total. The van der Waals surface area contributed by atoms with Gasteiger partial charge in [0.25, 0.3) is 5.91 Å². The minimum atomic E-state index is -3.70. The number of ether oxygens (including phenoxy) is 1. The van der Waals surface area contributed by atoms with Crippen molar-refractivity contribution < 1.29 is 17.9 Å². The summed E-state index contributed by atoms with van der Waals surface area (Å²) in [4.78, 5) is 14.7. The largest absolute Gasteiger partial charge is 0.482 e. The Bertz CT molecular complexity index is 1360. The van der Waals surface area contributed by atoms with Crippen LogP contribution in [-0.4, -0.2) is 49.8 Å². The number of rotatable bonds is 7. The number of piperidine rings is 1. The van der Waals surface area contributed by atoms with Crippen molar-refractivity contribution in [1.29, 1.82) is 0 Å². The third-order valence-electron chi connectivity index (χ3n) is 7.32. The second-order valence-corrected chi connectivity index (χ2v) is 12.1. The summed E-state index contributed by atoms with van der Waals surface area (Å²) in [6, 6.07) is 22.8. The fraction of sp³-hybridized carbons (Fsp3) is 0.345. The number of hydrogen-bond donors (Lipinski definition) is 0. The van der Waals surface area contributed by atoms with Gasteiger partial charge in [0.1, 0.15) is 5.75 Å². The van der Waals surface area contributed by atoms with E-state index >= 15 is 0 Å². The first kappa shape index (κ1) is 25.8. The smallest absolute Gasteiger partial charge is 0.260 e. The van der Waals surface area contributed by atoms with Gasteiger partial charge >= 0.3 is 0 Å². The molecule has 1 amide bonds.